The summed E-state index contributed by atoms with van der Waals surface area (Å²) in [5, 5.41) is 13.0. The minimum Gasteiger partial charge on any atom is -0.481 e. The van der Waals surface area contributed by atoms with Crippen LogP contribution in [0.25, 0.3) is 28.6 Å². The molecule has 1 aromatic carbocycles. The van der Waals surface area contributed by atoms with E-state index in [0.717, 1.165) is 17.1 Å². The molecule has 0 unspecified atom stereocenters. The van der Waals surface area contributed by atoms with E-state index in [0.29, 0.717) is 27.3 Å². The summed E-state index contributed by atoms with van der Waals surface area (Å²) in [5.74, 6) is 2.94. The van der Waals surface area contributed by atoms with Crippen LogP contribution in [0, 0.1) is 11.6 Å². The predicted octanol–water partition coefficient (Wildman–Crippen LogP) is 2.22. The van der Waals surface area contributed by atoms with E-state index in [-0.39, 0.29) is 29.6 Å². The third-order valence-electron chi connectivity index (χ3n) is 5.43. The molecule has 4 heterocycles. The SMILES string of the molecule is Nn1c(=O)c(CC(=O)O)cn1-c1nc(-c2cc(-c3ccon3)n(Cc3ccccc3F)c2)ncc1F. The van der Waals surface area contributed by atoms with Crippen molar-refractivity contribution < 1.29 is 23.2 Å². The maximum atomic E-state index is 14.7. The molecule has 0 aliphatic heterocycles. The number of nitrogens with zero attached hydrogens (tertiary/aromatic N) is 6. The number of rotatable bonds is 7. The molecule has 36 heavy (non-hydrogen) atoms. The van der Waals surface area contributed by atoms with Crippen LogP contribution in [0.1, 0.15) is 11.1 Å². The first-order valence-corrected chi connectivity index (χ1v) is 10.5. The normalized spacial score (nSPS) is 11.2. The number of aliphatic carboxylic acids is 1. The number of benzene rings is 1. The zero-order chi connectivity index (χ0) is 25.4. The number of aromatic nitrogens is 6. The molecule has 0 amide bonds. The van der Waals surface area contributed by atoms with Gasteiger partial charge in [-0.15, -0.1) is 0 Å². The zero-order valence-electron chi connectivity index (χ0n) is 18.4. The number of carboxylic acids is 1. The second-order valence-corrected chi connectivity index (χ2v) is 7.80. The lowest BCUT2D eigenvalue weighted by Gasteiger charge is -2.08. The second-order valence-electron chi connectivity index (χ2n) is 7.80. The molecular weight excluding hydrogens is 476 g/mol. The van der Waals surface area contributed by atoms with Gasteiger partial charge in [0.2, 0.25) is 0 Å². The average molecular weight is 493 g/mol. The van der Waals surface area contributed by atoms with Gasteiger partial charge in [-0.2, -0.15) is 4.79 Å². The molecule has 0 spiro atoms. The molecule has 13 heteroatoms. The highest BCUT2D eigenvalue weighted by atomic mass is 19.1. The first-order valence-electron chi connectivity index (χ1n) is 10.5. The molecule has 0 bridgehead atoms. The van der Waals surface area contributed by atoms with E-state index in [1.165, 1.54) is 12.3 Å². The van der Waals surface area contributed by atoms with E-state index in [2.05, 4.69) is 15.1 Å². The number of hydrogen-bond acceptors (Lipinski definition) is 7. The Morgan fingerprint density at radius 2 is 1.92 bits per heavy atom. The minimum atomic E-state index is -1.25. The van der Waals surface area contributed by atoms with Crippen LogP contribution in [0.5, 0.6) is 0 Å². The number of hydrogen-bond donors (Lipinski definition) is 2. The number of nitrogen functional groups attached to an aromatic ring is 1. The number of carboxylic acid groups (broad SMARTS) is 1. The monoisotopic (exact) mass is 493 g/mol. The van der Waals surface area contributed by atoms with Gasteiger partial charge in [0.1, 0.15) is 17.8 Å². The van der Waals surface area contributed by atoms with Crippen molar-refractivity contribution in [1.29, 1.82) is 0 Å². The van der Waals surface area contributed by atoms with Gasteiger partial charge in [-0.05, 0) is 12.1 Å². The van der Waals surface area contributed by atoms with Crippen molar-refractivity contribution in [2.24, 2.45) is 0 Å². The van der Waals surface area contributed by atoms with Gasteiger partial charge in [-0.25, -0.2) is 23.4 Å². The highest BCUT2D eigenvalue weighted by Crippen LogP contribution is 2.28. The molecule has 5 rings (SSSR count). The summed E-state index contributed by atoms with van der Waals surface area (Å²) < 4.78 is 36.6. The van der Waals surface area contributed by atoms with Crippen LogP contribution >= 0.6 is 0 Å². The van der Waals surface area contributed by atoms with Crippen LogP contribution in [-0.2, 0) is 17.8 Å². The van der Waals surface area contributed by atoms with Crippen molar-refractivity contribution >= 4 is 5.97 Å². The predicted molar refractivity (Wildman–Crippen MR) is 121 cm³/mol. The summed E-state index contributed by atoms with van der Waals surface area (Å²) in [4.78, 5) is 32.2. The fourth-order valence-electron chi connectivity index (χ4n) is 3.75. The molecule has 0 aliphatic carbocycles. The molecule has 5 aromatic rings. The maximum absolute atomic E-state index is 14.7. The fourth-order valence-corrected chi connectivity index (χ4v) is 3.75. The van der Waals surface area contributed by atoms with Gasteiger partial charge < -0.3 is 20.0 Å². The van der Waals surface area contributed by atoms with Gasteiger partial charge in [0.25, 0.3) is 5.56 Å². The van der Waals surface area contributed by atoms with Gasteiger partial charge >= 0.3 is 5.97 Å². The third-order valence-corrected chi connectivity index (χ3v) is 5.43. The summed E-state index contributed by atoms with van der Waals surface area (Å²) in [6.45, 7) is 0.154. The molecule has 0 fully saturated rings. The van der Waals surface area contributed by atoms with Crippen LogP contribution in [0.15, 0.2) is 70.6 Å². The molecule has 182 valence electrons. The standard InChI is InChI=1S/C23H17F2N7O4/c24-16-4-2-1-3-13(16)10-30-11-14(7-19(30)18-5-6-36-29-18)21-27-9-17(25)22(28-21)31-12-15(8-20(33)34)23(35)32(31)26/h1-7,9,11-12H,8,10,26H2,(H,33,34). The lowest BCUT2D eigenvalue weighted by molar-refractivity contribution is -0.136. The maximum Gasteiger partial charge on any atom is 0.308 e. The highest BCUT2D eigenvalue weighted by Gasteiger charge is 2.20. The van der Waals surface area contributed by atoms with E-state index in [4.69, 9.17) is 15.5 Å². The van der Waals surface area contributed by atoms with Gasteiger partial charge in [-0.1, -0.05) is 23.4 Å². The lowest BCUT2D eigenvalue weighted by atomic mass is 10.2. The Bertz CT molecular complexity index is 1640. The van der Waals surface area contributed by atoms with Gasteiger partial charge in [0, 0.05) is 29.6 Å². The number of nitrogens with two attached hydrogens (primary N) is 1. The molecule has 0 radical (unpaired) electrons. The van der Waals surface area contributed by atoms with E-state index in [1.807, 2.05) is 0 Å². The molecule has 0 saturated carbocycles. The lowest BCUT2D eigenvalue weighted by Crippen LogP contribution is -2.31. The fraction of sp³-hybridized carbons (Fsp3) is 0.0870. The van der Waals surface area contributed by atoms with E-state index < -0.39 is 23.8 Å². The van der Waals surface area contributed by atoms with E-state index >= 15 is 0 Å². The van der Waals surface area contributed by atoms with E-state index in [9.17, 15) is 18.4 Å². The Morgan fingerprint density at radius 1 is 1.11 bits per heavy atom. The number of carbonyl (C=O) groups is 1. The van der Waals surface area contributed by atoms with Crippen molar-refractivity contribution in [3.05, 3.63) is 94.4 Å². The Morgan fingerprint density at radius 3 is 2.64 bits per heavy atom. The van der Waals surface area contributed by atoms with Crippen LogP contribution in [0.2, 0.25) is 0 Å². The smallest absolute Gasteiger partial charge is 0.308 e. The molecular formula is C23H17F2N7O4. The number of halogens is 2. The first kappa shape index (κ1) is 22.7. The van der Waals surface area contributed by atoms with Crippen LogP contribution < -0.4 is 11.4 Å². The molecule has 0 atom stereocenters. The van der Waals surface area contributed by atoms with Crippen LogP contribution in [-0.4, -0.2) is 40.2 Å². The van der Waals surface area contributed by atoms with Crippen molar-refractivity contribution in [1.82, 2.24) is 29.2 Å². The summed E-state index contributed by atoms with van der Waals surface area (Å²) >= 11 is 0. The first-order chi connectivity index (χ1) is 17.3. The second kappa shape index (κ2) is 8.94. The topological polar surface area (TPSA) is 147 Å². The highest BCUT2D eigenvalue weighted by molar-refractivity contribution is 5.70. The van der Waals surface area contributed by atoms with Gasteiger partial charge in [0.15, 0.2) is 17.5 Å². The van der Waals surface area contributed by atoms with Crippen LogP contribution in [0.4, 0.5) is 8.78 Å². The summed E-state index contributed by atoms with van der Waals surface area (Å²) in [6.07, 6.45) is 4.46. The van der Waals surface area contributed by atoms with Crippen molar-refractivity contribution in [2.75, 3.05) is 5.84 Å². The van der Waals surface area contributed by atoms with Gasteiger partial charge in [-0.3, -0.25) is 9.59 Å². The van der Waals surface area contributed by atoms with Crippen molar-refractivity contribution in [3.63, 3.8) is 0 Å². The molecule has 11 nitrogen and oxygen atoms in total. The zero-order valence-corrected chi connectivity index (χ0v) is 18.4. The van der Waals surface area contributed by atoms with Crippen molar-refractivity contribution in [3.8, 4) is 28.6 Å². The Kier molecular flexibility index (Phi) is 5.64. The molecule has 3 N–H and O–H groups in total. The Balaban J connectivity index is 1.60. The summed E-state index contributed by atoms with van der Waals surface area (Å²) in [5.41, 5.74) is 0.955. The average Bonchev–Trinajstić information content (AvgIpc) is 3.58. The summed E-state index contributed by atoms with van der Waals surface area (Å²) in [7, 11) is 0. The summed E-state index contributed by atoms with van der Waals surface area (Å²) in [6, 6.07) is 9.62. The minimum absolute atomic E-state index is 0.0735. The van der Waals surface area contributed by atoms with Crippen LogP contribution in [0.3, 0.4) is 0 Å². The quantitative estimate of drug-likeness (QED) is 0.328. The van der Waals surface area contributed by atoms with E-state index in [1.54, 1.807) is 41.1 Å². The van der Waals surface area contributed by atoms with Crippen molar-refractivity contribution in [2.45, 2.75) is 13.0 Å². The molecule has 0 saturated heterocycles. The Labute approximate surface area is 200 Å². The van der Waals surface area contributed by atoms with Gasteiger partial charge in [0.05, 0.1) is 30.4 Å². The largest absolute Gasteiger partial charge is 0.481 e. The molecule has 0 aliphatic rings. The molecule has 4 aromatic heterocycles. The third kappa shape index (κ3) is 4.13. The Hall–Kier alpha value is -5.07.